The minimum absolute atomic E-state index is 0. The average Bonchev–Trinajstić information content (AvgIpc) is 1.96. The Labute approximate surface area is 79.3 Å². The molecule has 1 aromatic rings. The van der Waals surface area contributed by atoms with Gasteiger partial charge in [0.1, 0.15) is 0 Å². The first-order chi connectivity index (χ1) is 5.59. The lowest BCUT2D eigenvalue weighted by Gasteiger charge is -2.00. The quantitative estimate of drug-likeness (QED) is 0.709. The fourth-order valence-corrected chi connectivity index (χ4v) is 0.593. The van der Waals surface area contributed by atoms with Crippen LogP contribution in [0.4, 0.5) is 14.9 Å². The zero-order valence-corrected chi connectivity index (χ0v) is 7.18. The summed E-state index contributed by atoms with van der Waals surface area (Å²) in [6, 6.07) is 1.07. The maximum Gasteiger partial charge on any atom is 0.411 e. The van der Waals surface area contributed by atoms with E-state index in [0.717, 1.165) is 12.3 Å². The standard InChI is InChI=1S/C6H6FN3O2.ClH/c7-3-2-10-5(1-4(3)8)12-6(9)11;/h1-2H,(H2,8,10)(H2,9,11);1H. The fraction of sp³-hybridized carbons (Fsp3) is 0. The molecule has 7 heteroatoms. The third-order valence-corrected chi connectivity index (χ3v) is 1.07. The number of hydrogen-bond acceptors (Lipinski definition) is 4. The number of ether oxygens (including phenoxy) is 1. The topological polar surface area (TPSA) is 91.2 Å². The van der Waals surface area contributed by atoms with E-state index < -0.39 is 11.9 Å². The van der Waals surface area contributed by atoms with Crippen LogP contribution in [0.2, 0.25) is 0 Å². The van der Waals surface area contributed by atoms with Crippen molar-refractivity contribution in [3.8, 4) is 5.88 Å². The second-order valence-electron chi connectivity index (χ2n) is 1.97. The summed E-state index contributed by atoms with van der Waals surface area (Å²) in [6.45, 7) is 0. The number of halogens is 2. The number of carbonyl (C=O) groups is 1. The molecular weight excluding hydrogens is 201 g/mol. The zero-order valence-electron chi connectivity index (χ0n) is 6.36. The first-order valence-electron chi connectivity index (χ1n) is 2.98. The van der Waals surface area contributed by atoms with Gasteiger partial charge in [-0.05, 0) is 0 Å². The molecule has 0 aromatic carbocycles. The Hall–Kier alpha value is -1.56. The maximum absolute atomic E-state index is 12.5. The highest BCUT2D eigenvalue weighted by Crippen LogP contribution is 2.14. The Morgan fingerprint density at radius 3 is 2.69 bits per heavy atom. The van der Waals surface area contributed by atoms with Gasteiger partial charge in [-0.2, -0.15) is 0 Å². The van der Waals surface area contributed by atoms with Crippen molar-refractivity contribution in [2.75, 3.05) is 5.73 Å². The minimum atomic E-state index is -1.02. The number of hydrogen-bond donors (Lipinski definition) is 2. The van der Waals surface area contributed by atoms with Crippen molar-refractivity contribution in [3.05, 3.63) is 18.1 Å². The number of carbonyl (C=O) groups excluding carboxylic acids is 1. The maximum atomic E-state index is 12.5. The first kappa shape index (κ1) is 11.4. The van der Waals surface area contributed by atoms with Crippen LogP contribution in [-0.2, 0) is 0 Å². The van der Waals surface area contributed by atoms with E-state index in [0.29, 0.717) is 0 Å². The monoisotopic (exact) mass is 207 g/mol. The average molecular weight is 208 g/mol. The molecule has 1 heterocycles. The van der Waals surface area contributed by atoms with Gasteiger partial charge in [0.05, 0.1) is 11.9 Å². The largest absolute Gasteiger partial charge is 0.411 e. The van der Waals surface area contributed by atoms with E-state index in [1.165, 1.54) is 0 Å². The van der Waals surface area contributed by atoms with Gasteiger partial charge >= 0.3 is 6.09 Å². The van der Waals surface area contributed by atoms with Crippen LogP contribution < -0.4 is 16.2 Å². The summed E-state index contributed by atoms with van der Waals surface area (Å²) in [5.74, 6) is -0.798. The highest BCUT2D eigenvalue weighted by molar-refractivity contribution is 5.85. The Balaban J connectivity index is 0.00000144. The van der Waals surface area contributed by atoms with Crippen molar-refractivity contribution in [1.82, 2.24) is 4.98 Å². The van der Waals surface area contributed by atoms with Gasteiger partial charge in [-0.25, -0.2) is 14.2 Å². The van der Waals surface area contributed by atoms with Crippen LogP contribution >= 0.6 is 12.4 Å². The smallest absolute Gasteiger partial charge is 0.396 e. The molecule has 72 valence electrons. The summed E-state index contributed by atoms with van der Waals surface area (Å²) >= 11 is 0. The van der Waals surface area contributed by atoms with E-state index in [1.54, 1.807) is 0 Å². The predicted octanol–water partition coefficient (Wildman–Crippen LogP) is 0.682. The van der Waals surface area contributed by atoms with Gasteiger partial charge in [0.25, 0.3) is 0 Å². The molecule has 13 heavy (non-hydrogen) atoms. The van der Waals surface area contributed by atoms with Crippen LogP contribution in [0, 0.1) is 5.82 Å². The van der Waals surface area contributed by atoms with Crippen LogP contribution in [-0.4, -0.2) is 11.1 Å². The summed E-state index contributed by atoms with van der Waals surface area (Å²) in [7, 11) is 0. The molecule has 0 aliphatic carbocycles. The third kappa shape index (κ3) is 3.12. The molecule has 0 bridgehead atoms. The predicted molar refractivity (Wildman–Crippen MR) is 46.1 cm³/mol. The number of amides is 1. The molecule has 0 atom stereocenters. The lowest BCUT2D eigenvalue weighted by molar-refractivity contribution is 0.209. The third-order valence-electron chi connectivity index (χ3n) is 1.07. The van der Waals surface area contributed by atoms with Crippen LogP contribution in [0.15, 0.2) is 12.3 Å². The van der Waals surface area contributed by atoms with Crippen LogP contribution in [0.1, 0.15) is 0 Å². The molecule has 1 rings (SSSR count). The Bertz CT molecular complexity index is 321. The highest BCUT2D eigenvalue weighted by atomic mass is 35.5. The van der Waals surface area contributed by atoms with Crippen LogP contribution in [0.25, 0.3) is 0 Å². The van der Waals surface area contributed by atoms with E-state index in [1.807, 2.05) is 0 Å². The summed E-state index contributed by atoms with van der Waals surface area (Å²) in [6.07, 6.45) is -0.179. The number of anilines is 1. The fourth-order valence-electron chi connectivity index (χ4n) is 0.593. The number of primary amides is 1. The van der Waals surface area contributed by atoms with Gasteiger partial charge in [0.15, 0.2) is 5.82 Å². The molecule has 0 saturated carbocycles. The Morgan fingerprint density at radius 1 is 1.62 bits per heavy atom. The molecule has 5 nitrogen and oxygen atoms in total. The summed E-state index contributed by atoms with van der Waals surface area (Å²) in [4.78, 5) is 13.6. The molecule has 0 fully saturated rings. The Morgan fingerprint density at radius 2 is 2.23 bits per heavy atom. The minimum Gasteiger partial charge on any atom is -0.396 e. The zero-order chi connectivity index (χ0) is 9.14. The van der Waals surface area contributed by atoms with Gasteiger partial charge in [-0.3, -0.25) is 0 Å². The SMILES string of the molecule is Cl.NC(=O)Oc1cc(N)c(F)cn1. The number of rotatable bonds is 1. The molecule has 1 amide bonds. The summed E-state index contributed by atoms with van der Waals surface area (Å²) in [5.41, 5.74) is 9.67. The van der Waals surface area contributed by atoms with E-state index >= 15 is 0 Å². The number of pyridine rings is 1. The molecule has 0 aliphatic heterocycles. The van der Waals surface area contributed by atoms with Crippen LogP contribution in [0.5, 0.6) is 5.88 Å². The molecule has 0 aliphatic rings. The Kier molecular flexibility index (Phi) is 3.93. The van der Waals surface area contributed by atoms with E-state index in [9.17, 15) is 9.18 Å². The van der Waals surface area contributed by atoms with Crippen molar-refractivity contribution >= 4 is 24.2 Å². The second-order valence-corrected chi connectivity index (χ2v) is 1.97. The molecule has 0 radical (unpaired) electrons. The van der Waals surface area contributed by atoms with Crippen molar-refractivity contribution in [3.63, 3.8) is 0 Å². The van der Waals surface area contributed by atoms with Gasteiger partial charge in [0, 0.05) is 6.07 Å². The summed E-state index contributed by atoms with van der Waals surface area (Å²) in [5, 5.41) is 0. The summed E-state index contributed by atoms with van der Waals surface area (Å²) < 4.78 is 16.8. The number of nitrogens with two attached hydrogens (primary N) is 2. The van der Waals surface area contributed by atoms with Gasteiger partial charge in [-0.15, -0.1) is 12.4 Å². The normalized spacial score (nSPS) is 8.69. The molecule has 0 unspecified atom stereocenters. The van der Waals surface area contributed by atoms with Gasteiger partial charge in [-0.1, -0.05) is 0 Å². The molecule has 0 saturated heterocycles. The van der Waals surface area contributed by atoms with E-state index in [2.05, 4.69) is 15.5 Å². The van der Waals surface area contributed by atoms with Crippen molar-refractivity contribution in [1.29, 1.82) is 0 Å². The number of nitrogens with zero attached hydrogens (tertiary/aromatic N) is 1. The lowest BCUT2D eigenvalue weighted by Crippen LogP contribution is -2.17. The second kappa shape index (κ2) is 4.46. The van der Waals surface area contributed by atoms with Crippen molar-refractivity contribution in [2.45, 2.75) is 0 Å². The number of nitrogen functional groups attached to an aromatic ring is 1. The first-order valence-corrected chi connectivity index (χ1v) is 2.98. The molecule has 0 spiro atoms. The highest BCUT2D eigenvalue weighted by Gasteiger charge is 2.03. The van der Waals surface area contributed by atoms with Crippen molar-refractivity contribution < 1.29 is 13.9 Å². The van der Waals surface area contributed by atoms with Crippen molar-refractivity contribution in [2.24, 2.45) is 5.73 Å². The van der Waals surface area contributed by atoms with Gasteiger partial charge < -0.3 is 16.2 Å². The molecular formula is C6H7ClFN3O2. The van der Waals surface area contributed by atoms with E-state index in [-0.39, 0.29) is 24.0 Å². The molecule has 4 N–H and O–H groups in total. The number of aromatic nitrogens is 1. The van der Waals surface area contributed by atoms with Gasteiger partial charge in [0.2, 0.25) is 5.88 Å². The molecule has 1 aromatic heterocycles. The van der Waals surface area contributed by atoms with E-state index in [4.69, 9.17) is 5.73 Å². The lowest BCUT2D eigenvalue weighted by atomic mass is 10.4. The van der Waals surface area contributed by atoms with Crippen LogP contribution in [0.3, 0.4) is 0 Å².